The van der Waals surface area contributed by atoms with Gasteiger partial charge in [-0.2, -0.15) is 4.37 Å². The summed E-state index contributed by atoms with van der Waals surface area (Å²) < 4.78 is 4.96. The fourth-order valence-electron chi connectivity index (χ4n) is 1.44. The van der Waals surface area contributed by atoms with Crippen LogP contribution in [0.5, 0.6) is 0 Å². The number of aromatic nitrogens is 2. The fraction of sp³-hybridized carbons (Fsp3) is 0.273. The second-order valence-corrected chi connectivity index (χ2v) is 6.55. The van der Waals surface area contributed by atoms with E-state index >= 15 is 0 Å². The second-order valence-electron chi connectivity index (χ2n) is 3.18. The van der Waals surface area contributed by atoms with Gasteiger partial charge < -0.3 is 5.73 Å². The van der Waals surface area contributed by atoms with Crippen LogP contribution in [0.25, 0.3) is 0 Å². The Kier molecular flexibility index (Phi) is 4.85. The molecule has 0 atom stereocenters. The Morgan fingerprint density at radius 1 is 1.35 bits per heavy atom. The van der Waals surface area contributed by atoms with E-state index in [0.29, 0.717) is 6.54 Å². The van der Waals surface area contributed by atoms with E-state index < -0.39 is 0 Å². The molecule has 1 aromatic heterocycles. The first kappa shape index (κ1) is 12.9. The Bertz CT molecular complexity index is 471. The van der Waals surface area contributed by atoms with Crippen LogP contribution in [-0.2, 0) is 6.54 Å². The molecule has 0 aliphatic rings. The highest BCUT2D eigenvalue weighted by Crippen LogP contribution is 2.35. The highest BCUT2D eigenvalue weighted by atomic mass is 32.2. The highest BCUT2D eigenvalue weighted by Gasteiger charge is 2.09. The SMILES string of the molecule is CCSc1cccc(Sc2ncns2)c1CN. The smallest absolute Gasteiger partial charge is 0.174 e. The summed E-state index contributed by atoms with van der Waals surface area (Å²) in [6.07, 6.45) is 1.58. The molecule has 0 saturated heterocycles. The number of hydrogen-bond acceptors (Lipinski definition) is 6. The number of hydrogen-bond donors (Lipinski definition) is 1. The van der Waals surface area contributed by atoms with Gasteiger partial charge in [0, 0.05) is 16.3 Å². The minimum Gasteiger partial charge on any atom is -0.326 e. The molecule has 3 nitrogen and oxygen atoms in total. The first-order chi connectivity index (χ1) is 8.35. The van der Waals surface area contributed by atoms with Crippen LogP contribution in [0, 0.1) is 0 Å². The maximum absolute atomic E-state index is 5.85. The quantitative estimate of drug-likeness (QED) is 0.854. The average Bonchev–Trinajstić information content (AvgIpc) is 2.83. The van der Waals surface area contributed by atoms with Crippen LogP contribution in [0.1, 0.15) is 12.5 Å². The largest absolute Gasteiger partial charge is 0.326 e. The minimum absolute atomic E-state index is 0.560. The molecule has 1 aromatic carbocycles. The predicted octanol–water partition coefficient (Wildman–Crippen LogP) is 3.26. The average molecular weight is 283 g/mol. The summed E-state index contributed by atoms with van der Waals surface area (Å²) >= 11 is 4.87. The summed E-state index contributed by atoms with van der Waals surface area (Å²) in [4.78, 5) is 6.64. The maximum atomic E-state index is 5.85. The van der Waals surface area contributed by atoms with Gasteiger partial charge in [-0.15, -0.1) is 11.8 Å². The Morgan fingerprint density at radius 2 is 2.18 bits per heavy atom. The number of thioether (sulfide) groups is 1. The zero-order chi connectivity index (χ0) is 12.1. The van der Waals surface area contributed by atoms with Crippen molar-refractivity contribution in [3.05, 3.63) is 30.1 Å². The third-order valence-electron chi connectivity index (χ3n) is 2.13. The molecule has 2 N–H and O–H groups in total. The molecular formula is C11H13N3S3. The fourth-order valence-corrected chi connectivity index (χ4v) is 3.93. The van der Waals surface area contributed by atoms with Crippen molar-refractivity contribution in [2.24, 2.45) is 5.73 Å². The Hall–Kier alpha value is -0.560. The van der Waals surface area contributed by atoms with E-state index in [2.05, 4.69) is 34.5 Å². The van der Waals surface area contributed by atoms with E-state index in [-0.39, 0.29) is 0 Å². The summed E-state index contributed by atoms with van der Waals surface area (Å²) in [6.45, 7) is 2.71. The monoisotopic (exact) mass is 283 g/mol. The predicted molar refractivity (Wildman–Crippen MR) is 74.8 cm³/mol. The molecule has 0 unspecified atom stereocenters. The van der Waals surface area contributed by atoms with Gasteiger partial charge >= 0.3 is 0 Å². The number of nitrogens with two attached hydrogens (primary N) is 1. The first-order valence-corrected chi connectivity index (χ1v) is 7.82. The summed E-state index contributed by atoms with van der Waals surface area (Å²) in [5.74, 6) is 1.06. The van der Waals surface area contributed by atoms with Crippen LogP contribution in [0.3, 0.4) is 0 Å². The lowest BCUT2D eigenvalue weighted by Gasteiger charge is -2.10. The first-order valence-electron chi connectivity index (χ1n) is 5.24. The zero-order valence-corrected chi connectivity index (χ0v) is 11.9. The van der Waals surface area contributed by atoms with Gasteiger partial charge in [-0.3, -0.25) is 0 Å². The third kappa shape index (κ3) is 3.22. The third-order valence-corrected chi connectivity index (χ3v) is 4.93. The number of rotatable bonds is 5. The lowest BCUT2D eigenvalue weighted by Crippen LogP contribution is -2.00. The second kappa shape index (κ2) is 6.39. The molecule has 0 bridgehead atoms. The highest BCUT2D eigenvalue weighted by molar-refractivity contribution is 8.01. The number of nitrogens with zero attached hydrogens (tertiary/aromatic N) is 2. The molecule has 0 amide bonds. The van der Waals surface area contributed by atoms with Crippen molar-refractivity contribution in [1.29, 1.82) is 0 Å². The zero-order valence-electron chi connectivity index (χ0n) is 9.42. The molecule has 0 aliphatic carbocycles. The summed E-state index contributed by atoms with van der Waals surface area (Å²) in [6, 6.07) is 6.29. The van der Waals surface area contributed by atoms with Crippen molar-refractivity contribution < 1.29 is 0 Å². The van der Waals surface area contributed by atoms with E-state index in [1.54, 1.807) is 18.1 Å². The normalized spacial score (nSPS) is 10.7. The lowest BCUT2D eigenvalue weighted by atomic mass is 10.2. The van der Waals surface area contributed by atoms with Crippen molar-refractivity contribution in [3.63, 3.8) is 0 Å². The molecule has 0 radical (unpaired) electrons. The van der Waals surface area contributed by atoms with Crippen LogP contribution >= 0.6 is 35.1 Å². The van der Waals surface area contributed by atoms with Gasteiger partial charge in [0.05, 0.1) is 0 Å². The molecule has 2 rings (SSSR count). The molecule has 90 valence electrons. The van der Waals surface area contributed by atoms with Gasteiger partial charge in [-0.05, 0) is 35.0 Å². The molecule has 0 saturated carbocycles. The van der Waals surface area contributed by atoms with Crippen LogP contribution in [-0.4, -0.2) is 15.1 Å². The van der Waals surface area contributed by atoms with Gasteiger partial charge in [0.2, 0.25) is 0 Å². The van der Waals surface area contributed by atoms with Crippen molar-refractivity contribution in [3.8, 4) is 0 Å². The van der Waals surface area contributed by atoms with Crippen LogP contribution < -0.4 is 5.73 Å². The van der Waals surface area contributed by atoms with Crippen LogP contribution in [0.15, 0.2) is 38.7 Å². The van der Waals surface area contributed by atoms with Crippen molar-refractivity contribution in [1.82, 2.24) is 9.36 Å². The van der Waals surface area contributed by atoms with E-state index in [1.807, 2.05) is 11.8 Å². The Morgan fingerprint density at radius 3 is 2.82 bits per heavy atom. The summed E-state index contributed by atoms with van der Waals surface area (Å²) in [5.41, 5.74) is 7.06. The van der Waals surface area contributed by atoms with E-state index in [4.69, 9.17) is 5.73 Å². The molecule has 2 aromatic rings. The molecule has 0 fully saturated rings. The molecule has 17 heavy (non-hydrogen) atoms. The van der Waals surface area contributed by atoms with Gasteiger partial charge in [-0.1, -0.05) is 24.8 Å². The van der Waals surface area contributed by atoms with Crippen molar-refractivity contribution in [2.75, 3.05) is 5.75 Å². The molecule has 0 aliphatic heterocycles. The van der Waals surface area contributed by atoms with Gasteiger partial charge in [0.15, 0.2) is 4.34 Å². The topological polar surface area (TPSA) is 51.8 Å². The molecular weight excluding hydrogens is 270 g/mol. The van der Waals surface area contributed by atoms with Crippen LogP contribution in [0.2, 0.25) is 0 Å². The van der Waals surface area contributed by atoms with E-state index in [0.717, 1.165) is 10.1 Å². The van der Waals surface area contributed by atoms with Gasteiger partial charge in [0.1, 0.15) is 6.33 Å². The van der Waals surface area contributed by atoms with Gasteiger partial charge in [0.25, 0.3) is 0 Å². The van der Waals surface area contributed by atoms with Crippen molar-refractivity contribution >= 4 is 35.1 Å². The minimum atomic E-state index is 0.560. The Labute approximate surface area is 113 Å². The van der Waals surface area contributed by atoms with Gasteiger partial charge in [-0.25, -0.2) is 4.98 Å². The number of benzene rings is 1. The maximum Gasteiger partial charge on any atom is 0.174 e. The molecule has 0 spiro atoms. The standard InChI is InChI=1S/C11H13N3S3/c1-2-15-9-4-3-5-10(8(9)6-12)16-11-13-7-14-17-11/h3-5,7H,2,6,12H2,1H3. The van der Waals surface area contributed by atoms with E-state index in [1.165, 1.54) is 26.9 Å². The van der Waals surface area contributed by atoms with Crippen LogP contribution in [0.4, 0.5) is 0 Å². The summed E-state index contributed by atoms with van der Waals surface area (Å²) in [5, 5.41) is 0. The van der Waals surface area contributed by atoms with E-state index in [9.17, 15) is 0 Å². The Balaban J connectivity index is 2.29. The van der Waals surface area contributed by atoms with Crippen molar-refractivity contribution in [2.45, 2.75) is 27.6 Å². The lowest BCUT2D eigenvalue weighted by molar-refractivity contribution is 0.979. The summed E-state index contributed by atoms with van der Waals surface area (Å²) in [7, 11) is 0. The molecule has 6 heteroatoms. The molecule has 1 heterocycles.